The molecule has 0 aromatic carbocycles. The molecule has 0 fully saturated rings. The second-order valence-corrected chi connectivity index (χ2v) is 3.87. The van der Waals surface area contributed by atoms with Crippen LogP contribution in [0.3, 0.4) is 0 Å². The molecule has 0 radical (unpaired) electrons. The van der Waals surface area contributed by atoms with Crippen LogP contribution in [0, 0.1) is 0 Å². The number of sulfonamides is 1. The van der Waals surface area contributed by atoms with Gasteiger partial charge in [0.05, 0.1) is 5.25 Å². The number of hydrogen-bond donors (Lipinski definition) is 1. The van der Waals surface area contributed by atoms with Crippen molar-refractivity contribution in [3.05, 3.63) is 0 Å². The Kier molecular flexibility index (Phi) is 3.14. The zero-order valence-corrected chi connectivity index (χ0v) is 6.61. The molecule has 2 N–H and O–H groups in total. The molecule has 0 aliphatic rings. The lowest BCUT2D eigenvalue weighted by Gasteiger charge is -2.07. The van der Waals surface area contributed by atoms with Crippen LogP contribution in [0.4, 0.5) is 0 Å². The summed E-state index contributed by atoms with van der Waals surface area (Å²) in [6.07, 6.45) is 1.21. The van der Waals surface area contributed by atoms with Crippen molar-refractivity contribution in [1.82, 2.24) is 0 Å². The fourth-order valence-electron chi connectivity index (χ4n) is 0.753. The van der Waals surface area contributed by atoms with Gasteiger partial charge in [-0.1, -0.05) is 13.8 Å². The zero-order chi connectivity index (χ0) is 7.49. The molecule has 0 aromatic heterocycles. The highest BCUT2D eigenvalue weighted by atomic mass is 32.2. The third kappa shape index (κ3) is 2.81. The van der Waals surface area contributed by atoms with Crippen molar-refractivity contribution in [1.29, 1.82) is 0 Å². The summed E-state index contributed by atoms with van der Waals surface area (Å²) >= 11 is 0. The van der Waals surface area contributed by atoms with Crippen molar-refractivity contribution in [3.63, 3.8) is 0 Å². The normalized spacial score (nSPS) is 12.4. The first-order valence-electron chi connectivity index (χ1n) is 3.04. The third-order valence-electron chi connectivity index (χ3n) is 1.38. The van der Waals surface area contributed by atoms with Gasteiger partial charge in [-0.2, -0.15) is 0 Å². The van der Waals surface area contributed by atoms with Gasteiger partial charge < -0.3 is 0 Å². The highest BCUT2D eigenvalue weighted by Gasteiger charge is 2.15. The summed E-state index contributed by atoms with van der Waals surface area (Å²) in [7, 11) is -3.27. The maximum atomic E-state index is 10.6. The lowest BCUT2D eigenvalue weighted by Crippen LogP contribution is -2.26. The highest BCUT2D eigenvalue weighted by Crippen LogP contribution is 2.04. The largest absolute Gasteiger partial charge is 0.228 e. The Morgan fingerprint density at radius 1 is 1.33 bits per heavy atom. The van der Waals surface area contributed by atoms with Crippen molar-refractivity contribution >= 4 is 10.0 Å². The standard InChI is InChI=1S/C5H13NO2S/c1-3-5(4-2)9(6,7)8/h5H,3-4H2,1-2H3,(H2,6,7,8). The molecule has 0 spiro atoms. The Morgan fingerprint density at radius 3 is 1.67 bits per heavy atom. The van der Waals surface area contributed by atoms with E-state index in [0.717, 1.165) is 0 Å². The van der Waals surface area contributed by atoms with Crippen LogP contribution in [0.2, 0.25) is 0 Å². The van der Waals surface area contributed by atoms with Crippen molar-refractivity contribution in [2.24, 2.45) is 5.14 Å². The van der Waals surface area contributed by atoms with Gasteiger partial charge in [-0.3, -0.25) is 0 Å². The van der Waals surface area contributed by atoms with Crippen molar-refractivity contribution in [2.75, 3.05) is 0 Å². The lowest BCUT2D eigenvalue weighted by atomic mass is 10.3. The van der Waals surface area contributed by atoms with Gasteiger partial charge in [0.1, 0.15) is 0 Å². The summed E-state index contributed by atoms with van der Waals surface area (Å²) < 4.78 is 21.1. The summed E-state index contributed by atoms with van der Waals surface area (Å²) in [6, 6.07) is 0. The minimum atomic E-state index is -3.27. The number of nitrogens with two attached hydrogens (primary N) is 1. The van der Waals surface area contributed by atoms with Gasteiger partial charge in [-0.05, 0) is 12.8 Å². The van der Waals surface area contributed by atoms with Crippen LogP contribution >= 0.6 is 0 Å². The molecule has 9 heavy (non-hydrogen) atoms. The van der Waals surface area contributed by atoms with Gasteiger partial charge in [0, 0.05) is 0 Å². The average Bonchev–Trinajstić information content (AvgIpc) is 1.65. The number of rotatable bonds is 3. The van der Waals surface area contributed by atoms with Crippen LogP contribution in [-0.2, 0) is 10.0 Å². The van der Waals surface area contributed by atoms with E-state index in [1.807, 2.05) is 13.8 Å². The van der Waals surface area contributed by atoms with E-state index in [2.05, 4.69) is 0 Å². The average molecular weight is 151 g/mol. The van der Waals surface area contributed by atoms with Gasteiger partial charge in [0.2, 0.25) is 10.0 Å². The minimum Gasteiger partial charge on any atom is -0.228 e. The van der Waals surface area contributed by atoms with Crippen molar-refractivity contribution in [2.45, 2.75) is 31.9 Å². The van der Waals surface area contributed by atoms with Crippen molar-refractivity contribution < 1.29 is 8.42 Å². The maximum Gasteiger partial charge on any atom is 0.211 e. The molecule has 0 heterocycles. The highest BCUT2D eigenvalue weighted by molar-refractivity contribution is 7.89. The number of primary sulfonamides is 1. The molecule has 0 aliphatic heterocycles. The molecule has 56 valence electrons. The predicted octanol–water partition coefficient (Wildman–Crippen LogP) is 0.464. The Hall–Kier alpha value is -0.0900. The summed E-state index contributed by atoms with van der Waals surface area (Å²) in [5.74, 6) is 0. The van der Waals surface area contributed by atoms with E-state index >= 15 is 0 Å². The second kappa shape index (κ2) is 3.17. The summed E-state index contributed by atoms with van der Waals surface area (Å²) in [6.45, 7) is 3.64. The fourth-order valence-corrected chi connectivity index (χ4v) is 1.68. The molecule has 0 saturated carbocycles. The van der Waals surface area contributed by atoms with E-state index in [9.17, 15) is 8.42 Å². The SMILES string of the molecule is CCC(CC)S(N)(=O)=O. The van der Waals surface area contributed by atoms with Crippen LogP contribution in [0.15, 0.2) is 0 Å². The molecular weight excluding hydrogens is 138 g/mol. The molecule has 4 heteroatoms. The van der Waals surface area contributed by atoms with E-state index in [1.54, 1.807) is 0 Å². The fraction of sp³-hybridized carbons (Fsp3) is 1.00. The first kappa shape index (κ1) is 8.91. The Morgan fingerprint density at radius 2 is 1.67 bits per heavy atom. The maximum absolute atomic E-state index is 10.6. The Labute approximate surface area is 56.3 Å². The van der Waals surface area contributed by atoms with E-state index < -0.39 is 10.0 Å². The van der Waals surface area contributed by atoms with Crippen LogP contribution in [0.1, 0.15) is 26.7 Å². The van der Waals surface area contributed by atoms with E-state index in [4.69, 9.17) is 5.14 Å². The predicted molar refractivity (Wildman–Crippen MR) is 37.5 cm³/mol. The third-order valence-corrected chi connectivity index (χ3v) is 2.97. The van der Waals surface area contributed by atoms with Gasteiger partial charge in [-0.25, -0.2) is 13.6 Å². The Balaban J connectivity index is 4.14. The Bertz CT molecular complexity index is 158. The molecule has 3 nitrogen and oxygen atoms in total. The zero-order valence-electron chi connectivity index (χ0n) is 5.79. The molecule has 0 aromatic rings. The molecule has 0 aliphatic carbocycles. The molecule has 0 saturated heterocycles. The van der Waals surface area contributed by atoms with Crippen LogP contribution < -0.4 is 5.14 Å². The monoisotopic (exact) mass is 151 g/mol. The molecule has 0 amide bonds. The first-order valence-corrected chi connectivity index (χ1v) is 4.64. The lowest BCUT2D eigenvalue weighted by molar-refractivity contribution is 0.573. The smallest absolute Gasteiger partial charge is 0.211 e. The molecular formula is C5H13NO2S. The van der Waals surface area contributed by atoms with Gasteiger partial charge >= 0.3 is 0 Å². The number of hydrogen-bond acceptors (Lipinski definition) is 2. The molecule has 0 rings (SSSR count). The summed E-state index contributed by atoms with van der Waals surface area (Å²) in [5, 5.41) is 4.52. The van der Waals surface area contributed by atoms with E-state index in [1.165, 1.54) is 0 Å². The quantitative estimate of drug-likeness (QED) is 0.637. The van der Waals surface area contributed by atoms with Gasteiger partial charge in [0.15, 0.2) is 0 Å². The summed E-state index contributed by atoms with van der Waals surface area (Å²) in [5.41, 5.74) is 0. The van der Waals surface area contributed by atoms with Crippen LogP contribution in [-0.4, -0.2) is 13.7 Å². The molecule has 0 unspecified atom stereocenters. The van der Waals surface area contributed by atoms with E-state index in [-0.39, 0.29) is 5.25 Å². The van der Waals surface area contributed by atoms with E-state index in [0.29, 0.717) is 12.8 Å². The van der Waals surface area contributed by atoms with Crippen LogP contribution in [0.5, 0.6) is 0 Å². The van der Waals surface area contributed by atoms with Gasteiger partial charge in [0.25, 0.3) is 0 Å². The topological polar surface area (TPSA) is 60.2 Å². The summed E-state index contributed by atoms with van der Waals surface area (Å²) in [4.78, 5) is 0. The molecule has 0 bridgehead atoms. The first-order chi connectivity index (χ1) is 4.02. The van der Waals surface area contributed by atoms with Gasteiger partial charge in [-0.15, -0.1) is 0 Å². The van der Waals surface area contributed by atoms with Crippen LogP contribution in [0.25, 0.3) is 0 Å². The van der Waals surface area contributed by atoms with Crippen molar-refractivity contribution in [3.8, 4) is 0 Å². The minimum absolute atomic E-state index is 0.350. The second-order valence-electron chi connectivity index (χ2n) is 2.03. The molecule has 0 atom stereocenters.